The van der Waals surface area contributed by atoms with Crippen molar-refractivity contribution >= 4 is 15.9 Å². The van der Waals surface area contributed by atoms with E-state index in [-0.39, 0.29) is 12.5 Å². The highest BCUT2D eigenvalue weighted by atomic mass is 32.2. The van der Waals surface area contributed by atoms with Crippen LogP contribution >= 0.6 is 0 Å². The zero-order chi connectivity index (χ0) is 23.5. The predicted octanol–water partition coefficient (Wildman–Crippen LogP) is 5.15. The molecule has 1 amide bonds. The molecule has 1 saturated carbocycles. The topological polar surface area (TPSA) is 66.5 Å². The molecule has 1 aliphatic carbocycles. The minimum Gasteiger partial charge on any atom is -0.352 e. The summed E-state index contributed by atoms with van der Waals surface area (Å²) in [4.78, 5) is 13.4. The second-order valence-electron chi connectivity index (χ2n) is 10.0. The van der Waals surface area contributed by atoms with Crippen LogP contribution < -0.4 is 5.32 Å². The van der Waals surface area contributed by atoms with Crippen LogP contribution in [-0.4, -0.2) is 31.7 Å². The molecule has 1 N–H and O–H groups in total. The average molecular weight is 469 g/mol. The number of nitrogens with one attached hydrogen (secondary N) is 1. The maximum absolute atomic E-state index is 13.4. The second-order valence-corrected chi connectivity index (χ2v) is 12.0. The molecule has 0 unspecified atom stereocenters. The summed E-state index contributed by atoms with van der Waals surface area (Å²) in [5.41, 5.74) is 2.71. The summed E-state index contributed by atoms with van der Waals surface area (Å²) in [7, 11) is -3.63. The maximum Gasteiger partial charge on any atom is 0.243 e. The Labute approximate surface area is 198 Å². The van der Waals surface area contributed by atoms with Crippen molar-refractivity contribution in [2.75, 3.05) is 13.1 Å². The smallest absolute Gasteiger partial charge is 0.243 e. The van der Waals surface area contributed by atoms with Crippen LogP contribution in [0.25, 0.3) is 0 Å². The summed E-state index contributed by atoms with van der Waals surface area (Å²) >= 11 is 0. The number of nitrogens with zero attached hydrogens (tertiary/aromatic N) is 1. The van der Waals surface area contributed by atoms with Crippen molar-refractivity contribution in [1.29, 1.82) is 0 Å². The molecule has 1 heterocycles. The number of hydrogen-bond acceptors (Lipinski definition) is 3. The number of benzene rings is 2. The van der Waals surface area contributed by atoms with Crippen LogP contribution in [0, 0.1) is 12.3 Å². The third-order valence-electron chi connectivity index (χ3n) is 7.50. The molecule has 178 valence electrons. The number of piperidine rings is 1. The van der Waals surface area contributed by atoms with Gasteiger partial charge >= 0.3 is 0 Å². The molecule has 2 aliphatic rings. The van der Waals surface area contributed by atoms with Crippen molar-refractivity contribution in [3.63, 3.8) is 0 Å². The lowest BCUT2D eigenvalue weighted by atomic mass is 9.82. The molecule has 0 bridgehead atoms. The van der Waals surface area contributed by atoms with E-state index >= 15 is 0 Å². The summed E-state index contributed by atoms with van der Waals surface area (Å²) in [5, 5.41) is 3.05. The number of carbonyl (C=O) groups is 1. The maximum atomic E-state index is 13.4. The third kappa shape index (κ3) is 5.33. The van der Waals surface area contributed by atoms with Gasteiger partial charge in [-0.1, -0.05) is 55.7 Å². The molecule has 2 aromatic carbocycles. The third-order valence-corrected chi connectivity index (χ3v) is 9.36. The van der Waals surface area contributed by atoms with E-state index in [9.17, 15) is 13.2 Å². The first-order valence-electron chi connectivity index (χ1n) is 12.2. The predicted molar refractivity (Wildman–Crippen MR) is 131 cm³/mol. The van der Waals surface area contributed by atoms with Gasteiger partial charge in [0.15, 0.2) is 0 Å². The first kappa shape index (κ1) is 24.0. The Bertz CT molecular complexity index is 1070. The van der Waals surface area contributed by atoms with Crippen molar-refractivity contribution in [3.05, 3.63) is 65.2 Å². The van der Waals surface area contributed by atoms with Gasteiger partial charge < -0.3 is 5.32 Å². The highest BCUT2D eigenvalue weighted by molar-refractivity contribution is 7.89. The Kier molecular flexibility index (Phi) is 7.25. The van der Waals surface area contributed by atoms with E-state index in [0.29, 0.717) is 36.7 Å². The van der Waals surface area contributed by atoms with Crippen molar-refractivity contribution in [1.82, 2.24) is 9.62 Å². The van der Waals surface area contributed by atoms with Gasteiger partial charge in [-0.2, -0.15) is 4.31 Å². The quantitative estimate of drug-likeness (QED) is 0.638. The Morgan fingerprint density at radius 3 is 2.42 bits per heavy atom. The van der Waals surface area contributed by atoms with E-state index < -0.39 is 15.4 Å². The number of aryl methyl sites for hydroxylation is 1. The van der Waals surface area contributed by atoms with Crippen LogP contribution in [0.4, 0.5) is 0 Å². The molecule has 33 heavy (non-hydrogen) atoms. The number of amides is 1. The van der Waals surface area contributed by atoms with Gasteiger partial charge in [-0.3, -0.25) is 4.79 Å². The summed E-state index contributed by atoms with van der Waals surface area (Å²) in [6, 6.07) is 15.5. The Balaban J connectivity index is 1.44. The molecule has 2 fully saturated rings. The van der Waals surface area contributed by atoms with Gasteiger partial charge in [-0.05, 0) is 74.3 Å². The molecule has 1 atom stereocenters. The second kappa shape index (κ2) is 9.98. The summed E-state index contributed by atoms with van der Waals surface area (Å²) < 4.78 is 28.3. The normalized spacial score (nSPS) is 22.7. The minimum atomic E-state index is -3.63. The SMILES string of the molecule is Cc1ccccc1CNC(=O)[C@]1(C)CCCN(S(=O)(=O)c2ccc(C3CCCCC3)cc2)C1. The Hall–Kier alpha value is -2.18. The highest BCUT2D eigenvalue weighted by Gasteiger charge is 2.41. The summed E-state index contributed by atoms with van der Waals surface area (Å²) in [6.07, 6.45) is 7.54. The Morgan fingerprint density at radius 1 is 1.03 bits per heavy atom. The van der Waals surface area contributed by atoms with Crippen LogP contribution in [0.1, 0.15) is 74.5 Å². The fourth-order valence-electron chi connectivity index (χ4n) is 5.28. The van der Waals surface area contributed by atoms with Crippen LogP contribution in [0.2, 0.25) is 0 Å². The molecule has 2 aromatic rings. The van der Waals surface area contributed by atoms with Crippen LogP contribution in [0.15, 0.2) is 53.4 Å². The summed E-state index contributed by atoms with van der Waals surface area (Å²) in [6.45, 7) is 5.02. The van der Waals surface area contributed by atoms with Crippen LogP contribution in [0.3, 0.4) is 0 Å². The van der Waals surface area contributed by atoms with E-state index in [1.165, 1.54) is 42.0 Å². The van der Waals surface area contributed by atoms with Gasteiger partial charge in [0.2, 0.25) is 15.9 Å². The van der Waals surface area contributed by atoms with Gasteiger partial charge in [0.05, 0.1) is 10.3 Å². The van der Waals surface area contributed by atoms with Crippen molar-refractivity contribution in [3.8, 4) is 0 Å². The van der Waals surface area contributed by atoms with Gasteiger partial charge in [0.25, 0.3) is 0 Å². The average Bonchev–Trinajstić information content (AvgIpc) is 2.84. The van der Waals surface area contributed by atoms with Gasteiger partial charge in [0, 0.05) is 19.6 Å². The number of sulfonamides is 1. The van der Waals surface area contributed by atoms with Crippen molar-refractivity contribution < 1.29 is 13.2 Å². The van der Waals surface area contributed by atoms with E-state index in [4.69, 9.17) is 0 Å². The fraction of sp³-hybridized carbons (Fsp3) is 0.519. The zero-order valence-electron chi connectivity index (χ0n) is 19.8. The minimum absolute atomic E-state index is 0.0849. The summed E-state index contributed by atoms with van der Waals surface area (Å²) in [5.74, 6) is 0.462. The first-order chi connectivity index (χ1) is 15.8. The number of rotatable bonds is 6. The lowest BCUT2D eigenvalue weighted by molar-refractivity contribution is -0.132. The lowest BCUT2D eigenvalue weighted by Gasteiger charge is -2.38. The molecule has 0 spiro atoms. The van der Waals surface area contributed by atoms with E-state index in [1.54, 1.807) is 12.1 Å². The molecule has 6 heteroatoms. The molecular formula is C27H36N2O3S. The first-order valence-corrected chi connectivity index (χ1v) is 13.7. The van der Waals surface area contributed by atoms with Gasteiger partial charge in [0.1, 0.15) is 0 Å². The lowest BCUT2D eigenvalue weighted by Crippen LogP contribution is -2.51. The largest absolute Gasteiger partial charge is 0.352 e. The Morgan fingerprint density at radius 2 is 1.73 bits per heavy atom. The standard InChI is InChI=1S/C27H36N2O3S/c1-21-9-6-7-12-24(21)19-28-26(30)27(2)17-8-18-29(20-27)33(31,32)25-15-13-23(14-16-25)22-10-4-3-5-11-22/h6-7,9,12-16,22H,3-5,8,10-11,17-20H2,1-2H3,(H,28,30)/t27-/m1/s1. The fourth-order valence-corrected chi connectivity index (χ4v) is 6.88. The van der Waals surface area contributed by atoms with Crippen LogP contribution in [-0.2, 0) is 21.4 Å². The van der Waals surface area contributed by atoms with Crippen molar-refractivity contribution in [2.24, 2.45) is 5.41 Å². The van der Waals surface area contributed by atoms with E-state index in [1.807, 2.05) is 50.2 Å². The molecule has 5 nitrogen and oxygen atoms in total. The molecule has 4 rings (SSSR count). The number of carbonyl (C=O) groups excluding carboxylic acids is 1. The van der Waals surface area contributed by atoms with Gasteiger partial charge in [-0.15, -0.1) is 0 Å². The molecule has 1 saturated heterocycles. The van der Waals surface area contributed by atoms with Crippen molar-refractivity contribution in [2.45, 2.75) is 76.2 Å². The molecule has 0 radical (unpaired) electrons. The molecule has 0 aromatic heterocycles. The van der Waals surface area contributed by atoms with Crippen LogP contribution in [0.5, 0.6) is 0 Å². The highest BCUT2D eigenvalue weighted by Crippen LogP contribution is 2.35. The monoisotopic (exact) mass is 468 g/mol. The molecular weight excluding hydrogens is 432 g/mol. The zero-order valence-corrected chi connectivity index (χ0v) is 20.7. The van der Waals surface area contributed by atoms with E-state index in [0.717, 1.165) is 11.1 Å². The van der Waals surface area contributed by atoms with Gasteiger partial charge in [-0.25, -0.2) is 8.42 Å². The molecule has 1 aliphatic heterocycles. The van der Waals surface area contributed by atoms with E-state index in [2.05, 4.69) is 5.32 Å². The number of hydrogen-bond donors (Lipinski definition) is 1.